The largest absolute Gasteiger partial charge is 0.371 e. The highest BCUT2D eigenvalue weighted by molar-refractivity contribution is 7.09. The highest BCUT2D eigenvalue weighted by Crippen LogP contribution is 2.31. The molecule has 5 rings (SSSR count). The van der Waals surface area contributed by atoms with Crippen molar-refractivity contribution in [1.82, 2.24) is 19.7 Å². The lowest BCUT2D eigenvalue weighted by molar-refractivity contribution is 0.122. The third-order valence-corrected chi connectivity index (χ3v) is 6.15. The third kappa shape index (κ3) is 4.21. The number of aliphatic hydroxyl groups is 1. The van der Waals surface area contributed by atoms with Gasteiger partial charge in [-0.1, -0.05) is 24.1 Å². The monoisotopic (exact) mass is 442 g/mol. The summed E-state index contributed by atoms with van der Waals surface area (Å²) in [6.07, 6.45) is 4.45. The van der Waals surface area contributed by atoms with Gasteiger partial charge >= 0.3 is 0 Å². The van der Waals surface area contributed by atoms with Crippen LogP contribution in [0.3, 0.4) is 0 Å². The van der Waals surface area contributed by atoms with Crippen molar-refractivity contribution in [3.63, 3.8) is 0 Å². The average molecular weight is 443 g/mol. The van der Waals surface area contributed by atoms with E-state index in [-0.39, 0.29) is 0 Å². The number of rotatable bonds is 4. The van der Waals surface area contributed by atoms with Crippen LogP contribution in [0, 0.1) is 11.8 Å². The van der Waals surface area contributed by atoms with Gasteiger partial charge in [-0.2, -0.15) is 5.10 Å². The average Bonchev–Trinajstić information content (AvgIpc) is 3.49. The van der Waals surface area contributed by atoms with Gasteiger partial charge in [0.15, 0.2) is 5.60 Å². The first-order chi connectivity index (χ1) is 15.6. The second-order valence-electron chi connectivity index (χ2n) is 7.67. The molecule has 0 aliphatic carbocycles. The SMILES string of the molecule is CC(O)(C#Cc1cc2n(n1)CCCN2c1ccnc(Nc2ccccc2)c1)c1nccs1. The molecule has 7 nitrogen and oxygen atoms in total. The second-order valence-corrected chi connectivity index (χ2v) is 8.56. The Labute approximate surface area is 190 Å². The highest BCUT2D eigenvalue weighted by Gasteiger charge is 2.24. The fourth-order valence-electron chi connectivity index (χ4n) is 3.63. The summed E-state index contributed by atoms with van der Waals surface area (Å²) in [4.78, 5) is 10.9. The maximum absolute atomic E-state index is 10.6. The van der Waals surface area contributed by atoms with Gasteiger partial charge in [-0.15, -0.1) is 11.3 Å². The molecule has 1 unspecified atom stereocenters. The van der Waals surface area contributed by atoms with Crippen molar-refractivity contribution in [3.05, 3.63) is 77.0 Å². The van der Waals surface area contributed by atoms with Gasteiger partial charge in [0.25, 0.3) is 0 Å². The van der Waals surface area contributed by atoms with Crippen molar-refractivity contribution in [2.45, 2.75) is 25.5 Å². The number of nitrogens with zero attached hydrogens (tertiary/aromatic N) is 5. The van der Waals surface area contributed by atoms with Crippen LogP contribution in [0.2, 0.25) is 0 Å². The molecule has 4 heterocycles. The molecule has 0 radical (unpaired) electrons. The molecule has 0 amide bonds. The molecule has 4 aromatic rings. The van der Waals surface area contributed by atoms with E-state index in [1.807, 2.05) is 64.8 Å². The first-order valence-electron chi connectivity index (χ1n) is 10.4. The van der Waals surface area contributed by atoms with Gasteiger partial charge in [0.05, 0.1) is 0 Å². The van der Waals surface area contributed by atoms with Crippen LogP contribution in [-0.4, -0.2) is 31.4 Å². The summed E-state index contributed by atoms with van der Waals surface area (Å²) in [5.41, 5.74) is 1.35. The molecule has 0 saturated carbocycles. The first-order valence-corrected chi connectivity index (χ1v) is 11.3. The van der Waals surface area contributed by atoms with Crippen molar-refractivity contribution >= 4 is 34.3 Å². The number of aromatic nitrogens is 4. The number of benzene rings is 1. The second kappa shape index (κ2) is 8.46. The number of para-hydroxylation sites is 1. The van der Waals surface area contributed by atoms with Crippen LogP contribution in [0.1, 0.15) is 24.0 Å². The molecule has 0 bridgehead atoms. The molecular weight excluding hydrogens is 420 g/mol. The Bertz CT molecular complexity index is 1270. The molecule has 3 aromatic heterocycles. The van der Waals surface area contributed by atoms with Crippen molar-refractivity contribution in [2.24, 2.45) is 0 Å². The van der Waals surface area contributed by atoms with E-state index in [9.17, 15) is 5.11 Å². The van der Waals surface area contributed by atoms with Crippen molar-refractivity contribution < 1.29 is 5.11 Å². The van der Waals surface area contributed by atoms with Crippen molar-refractivity contribution in [1.29, 1.82) is 0 Å². The van der Waals surface area contributed by atoms with E-state index in [0.717, 1.165) is 42.5 Å². The molecule has 2 N–H and O–H groups in total. The zero-order valence-electron chi connectivity index (χ0n) is 17.6. The predicted octanol–water partition coefficient (Wildman–Crippen LogP) is 4.28. The van der Waals surface area contributed by atoms with Crippen LogP contribution in [0.5, 0.6) is 0 Å². The predicted molar refractivity (Wildman–Crippen MR) is 126 cm³/mol. The highest BCUT2D eigenvalue weighted by atomic mass is 32.1. The topological polar surface area (TPSA) is 79.1 Å². The van der Waals surface area contributed by atoms with Crippen LogP contribution in [-0.2, 0) is 12.1 Å². The number of pyridine rings is 1. The van der Waals surface area contributed by atoms with Gasteiger partial charge in [-0.25, -0.2) is 14.6 Å². The van der Waals surface area contributed by atoms with E-state index < -0.39 is 5.60 Å². The molecule has 32 heavy (non-hydrogen) atoms. The zero-order chi connectivity index (χ0) is 22.0. The van der Waals surface area contributed by atoms with Gasteiger partial charge in [0.2, 0.25) is 0 Å². The normalized spacial score (nSPS) is 14.8. The van der Waals surface area contributed by atoms with Gasteiger partial charge in [0, 0.05) is 54.4 Å². The quantitative estimate of drug-likeness (QED) is 0.459. The summed E-state index contributed by atoms with van der Waals surface area (Å²) in [7, 11) is 0. The van der Waals surface area contributed by atoms with E-state index in [1.54, 1.807) is 13.1 Å². The Morgan fingerprint density at radius 2 is 1.97 bits per heavy atom. The van der Waals surface area contributed by atoms with Crippen LogP contribution >= 0.6 is 11.3 Å². The summed E-state index contributed by atoms with van der Waals surface area (Å²) in [6.45, 7) is 3.36. The van der Waals surface area contributed by atoms with Crippen molar-refractivity contribution in [3.8, 4) is 11.8 Å². The summed E-state index contributed by atoms with van der Waals surface area (Å²) in [6, 6.07) is 16.0. The van der Waals surface area contributed by atoms with Gasteiger partial charge in [0.1, 0.15) is 22.3 Å². The molecular formula is C24H22N6OS. The minimum Gasteiger partial charge on any atom is -0.371 e. The Hall–Kier alpha value is -3.67. The molecule has 1 aromatic carbocycles. The maximum atomic E-state index is 10.6. The lowest BCUT2D eigenvalue weighted by Crippen LogP contribution is -2.28. The van der Waals surface area contributed by atoms with Crippen LogP contribution < -0.4 is 10.2 Å². The van der Waals surface area contributed by atoms with Crippen LogP contribution in [0.25, 0.3) is 0 Å². The van der Waals surface area contributed by atoms with Crippen LogP contribution in [0.4, 0.5) is 23.0 Å². The van der Waals surface area contributed by atoms with Crippen molar-refractivity contribution in [2.75, 3.05) is 16.8 Å². The number of hydrogen-bond donors (Lipinski definition) is 2. The fraction of sp³-hybridized carbons (Fsp3) is 0.208. The molecule has 1 atom stereocenters. The Kier molecular flexibility index (Phi) is 5.35. The minimum atomic E-state index is -1.30. The summed E-state index contributed by atoms with van der Waals surface area (Å²) in [5.74, 6) is 7.71. The molecule has 0 fully saturated rings. The van der Waals surface area contributed by atoms with Gasteiger partial charge < -0.3 is 15.3 Å². The number of anilines is 4. The van der Waals surface area contributed by atoms with E-state index in [0.29, 0.717) is 10.7 Å². The summed E-state index contributed by atoms with van der Waals surface area (Å²) < 4.78 is 1.97. The van der Waals surface area contributed by atoms with E-state index in [1.165, 1.54) is 11.3 Å². The van der Waals surface area contributed by atoms with Gasteiger partial charge in [-0.05, 0) is 37.5 Å². The molecule has 160 valence electrons. The number of hydrogen-bond acceptors (Lipinski definition) is 7. The molecule has 1 aliphatic rings. The fourth-order valence-corrected chi connectivity index (χ4v) is 4.29. The number of fused-ring (bicyclic) bond motifs is 1. The summed E-state index contributed by atoms with van der Waals surface area (Å²) >= 11 is 1.38. The molecule has 8 heteroatoms. The van der Waals surface area contributed by atoms with E-state index in [2.05, 4.69) is 37.1 Å². The standard InChI is InChI=1S/C24H22N6OS/c1-24(31,23-26-12-15-32-23)10-8-19-16-22-29(13-5-14-30(22)28-19)20-9-11-25-21(17-20)27-18-6-3-2-4-7-18/h2-4,6-7,9,11-12,15-17,31H,5,13-14H2,1H3,(H,25,27). The summed E-state index contributed by atoms with van der Waals surface area (Å²) in [5, 5.41) is 21.0. The Balaban J connectivity index is 1.41. The van der Waals surface area contributed by atoms with E-state index >= 15 is 0 Å². The zero-order valence-corrected chi connectivity index (χ0v) is 18.4. The lowest BCUT2D eigenvalue weighted by Gasteiger charge is -2.29. The molecule has 0 saturated heterocycles. The molecule has 1 aliphatic heterocycles. The Morgan fingerprint density at radius 3 is 2.78 bits per heavy atom. The molecule has 0 spiro atoms. The lowest BCUT2D eigenvalue weighted by atomic mass is 10.1. The minimum absolute atomic E-state index is 0.575. The van der Waals surface area contributed by atoms with Gasteiger partial charge in [-0.3, -0.25) is 0 Å². The number of aryl methyl sites for hydroxylation is 1. The third-order valence-electron chi connectivity index (χ3n) is 5.17. The number of nitrogens with one attached hydrogen (secondary N) is 1. The Morgan fingerprint density at radius 1 is 1.09 bits per heavy atom. The maximum Gasteiger partial charge on any atom is 0.174 e. The number of thiazole rings is 1. The van der Waals surface area contributed by atoms with E-state index in [4.69, 9.17) is 0 Å². The first kappa shape index (κ1) is 20.2. The van der Waals surface area contributed by atoms with Crippen LogP contribution in [0.15, 0.2) is 66.3 Å². The smallest absolute Gasteiger partial charge is 0.174 e.